The molecule has 0 saturated heterocycles. The van der Waals surface area contributed by atoms with Crippen molar-refractivity contribution in [2.24, 2.45) is 0 Å². The minimum absolute atomic E-state index is 0.372. The topological polar surface area (TPSA) is 24.5 Å². The largest absolute Gasteiger partial charge is 0.383 e. The van der Waals surface area contributed by atoms with Crippen molar-refractivity contribution in [1.29, 1.82) is 0 Å². The molecule has 1 aromatic carbocycles. The number of anilines is 1. The second kappa shape index (κ2) is 8.65. The predicted octanol–water partition coefficient (Wildman–Crippen LogP) is 3.81. The first-order valence-corrected chi connectivity index (χ1v) is 8.06. The number of rotatable bonds is 8. The first-order valence-electron chi connectivity index (χ1n) is 7.27. The molecule has 0 aliphatic rings. The molecule has 0 fully saturated rings. The summed E-state index contributed by atoms with van der Waals surface area (Å²) in [6.07, 6.45) is 0. The van der Waals surface area contributed by atoms with Crippen LogP contribution in [0.25, 0.3) is 0 Å². The van der Waals surface area contributed by atoms with Crippen LogP contribution in [0.1, 0.15) is 33.3 Å². The number of hydrogen-bond donors (Lipinski definition) is 1. The fraction of sp³-hybridized carbons (Fsp3) is 0.625. The molecule has 0 radical (unpaired) electrons. The highest BCUT2D eigenvalue weighted by Crippen LogP contribution is 2.25. The first-order chi connectivity index (χ1) is 9.49. The summed E-state index contributed by atoms with van der Waals surface area (Å²) in [6.45, 7) is 11.3. The van der Waals surface area contributed by atoms with Crippen LogP contribution >= 0.6 is 15.9 Å². The molecule has 20 heavy (non-hydrogen) atoms. The molecule has 1 N–H and O–H groups in total. The lowest BCUT2D eigenvalue weighted by atomic mass is 10.1. The van der Waals surface area contributed by atoms with Gasteiger partial charge in [0.1, 0.15) is 0 Å². The molecular weight excluding hydrogens is 316 g/mol. The number of methoxy groups -OCH3 is 1. The lowest BCUT2D eigenvalue weighted by molar-refractivity contribution is 0.182. The number of nitrogens with zero attached hydrogens (tertiary/aromatic N) is 1. The molecular formula is C16H27BrN2O. The average Bonchev–Trinajstić information content (AvgIpc) is 2.38. The van der Waals surface area contributed by atoms with Crippen LogP contribution in [0.15, 0.2) is 22.7 Å². The maximum absolute atomic E-state index is 5.26. The SMILES string of the molecule is CCN(c1ccc(CNC(C)C)c(Br)c1)C(C)COC. The Hall–Kier alpha value is -0.580. The van der Waals surface area contributed by atoms with E-state index in [1.54, 1.807) is 7.11 Å². The highest BCUT2D eigenvalue weighted by molar-refractivity contribution is 9.10. The van der Waals surface area contributed by atoms with Crippen molar-refractivity contribution in [2.75, 3.05) is 25.2 Å². The van der Waals surface area contributed by atoms with Crippen molar-refractivity contribution in [2.45, 2.75) is 46.3 Å². The molecule has 3 nitrogen and oxygen atoms in total. The molecule has 1 rings (SSSR count). The minimum Gasteiger partial charge on any atom is -0.383 e. The summed E-state index contributed by atoms with van der Waals surface area (Å²) < 4.78 is 6.42. The van der Waals surface area contributed by atoms with E-state index in [0.29, 0.717) is 12.1 Å². The third-order valence-corrected chi connectivity index (χ3v) is 4.09. The Morgan fingerprint density at radius 2 is 2.00 bits per heavy atom. The Bertz CT molecular complexity index is 409. The van der Waals surface area contributed by atoms with Gasteiger partial charge in [-0.05, 0) is 31.5 Å². The molecule has 0 aliphatic carbocycles. The molecule has 1 unspecified atom stereocenters. The van der Waals surface area contributed by atoms with Gasteiger partial charge in [-0.3, -0.25) is 0 Å². The number of benzene rings is 1. The van der Waals surface area contributed by atoms with Gasteiger partial charge in [0.2, 0.25) is 0 Å². The van der Waals surface area contributed by atoms with E-state index in [9.17, 15) is 0 Å². The van der Waals surface area contributed by atoms with Gasteiger partial charge >= 0.3 is 0 Å². The van der Waals surface area contributed by atoms with Crippen LogP contribution in [0.4, 0.5) is 5.69 Å². The van der Waals surface area contributed by atoms with E-state index >= 15 is 0 Å². The smallest absolute Gasteiger partial charge is 0.0663 e. The van der Waals surface area contributed by atoms with Gasteiger partial charge in [-0.1, -0.05) is 35.8 Å². The third kappa shape index (κ3) is 5.08. The Morgan fingerprint density at radius 3 is 2.50 bits per heavy atom. The lowest BCUT2D eigenvalue weighted by Gasteiger charge is -2.30. The van der Waals surface area contributed by atoms with E-state index in [1.807, 2.05) is 0 Å². The summed E-state index contributed by atoms with van der Waals surface area (Å²) in [5.41, 5.74) is 2.52. The second-order valence-electron chi connectivity index (χ2n) is 5.40. The zero-order chi connectivity index (χ0) is 15.1. The van der Waals surface area contributed by atoms with Crippen LogP contribution in [0.5, 0.6) is 0 Å². The van der Waals surface area contributed by atoms with E-state index < -0.39 is 0 Å². The van der Waals surface area contributed by atoms with Gasteiger partial charge in [0, 0.05) is 42.4 Å². The Kier molecular flexibility index (Phi) is 7.56. The van der Waals surface area contributed by atoms with E-state index in [2.05, 4.69) is 72.0 Å². The van der Waals surface area contributed by atoms with E-state index in [1.165, 1.54) is 11.3 Å². The molecule has 1 aromatic rings. The van der Waals surface area contributed by atoms with Crippen LogP contribution in [0, 0.1) is 0 Å². The highest BCUT2D eigenvalue weighted by Gasteiger charge is 2.13. The van der Waals surface area contributed by atoms with Gasteiger partial charge in [-0.2, -0.15) is 0 Å². The van der Waals surface area contributed by atoms with Gasteiger partial charge in [0.15, 0.2) is 0 Å². The summed E-state index contributed by atoms with van der Waals surface area (Å²) in [5, 5.41) is 3.44. The normalized spacial score (nSPS) is 12.8. The van der Waals surface area contributed by atoms with Crippen LogP contribution in [-0.4, -0.2) is 32.3 Å². The van der Waals surface area contributed by atoms with Crippen LogP contribution < -0.4 is 10.2 Å². The Labute approximate surface area is 131 Å². The van der Waals surface area contributed by atoms with Gasteiger partial charge in [0.05, 0.1) is 6.61 Å². The summed E-state index contributed by atoms with van der Waals surface area (Å²) in [6, 6.07) is 7.45. The third-order valence-electron chi connectivity index (χ3n) is 3.35. The summed E-state index contributed by atoms with van der Waals surface area (Å²) >= 11 is 3.68. The van der Waals surface area contributed by atoms with Crippen LogP contribution in [0.2, 0.25) is 0 Å². The lowest BCUT2D eigenvalue weighted by Crippen LogP contribution is -2.36. The fourth-order valence-corrected chi connectivity index (χ4v) is 2.76. The molecule has 4 heteroatoms. The Balaban J connectivity index is 2.83. The zero-order valence-electron chi connectivity index (χ0n) is 13.2. The van der Waals surface area contributed by atoms with Gasteiger partial charge in [-0.25, -0.2) is 0 Å². The first kappa shape index (κ1) is 17.5. The second-order valence-corrected chi connectivity index (χ2v) is 6.26. The van der Waals surface area contributed by atoms with Crippen molar-refractivity contribution < 1.29 is 4.74 Å². The maximum Gasteiger partial charge on any atom is 0.0663 e. The summed E-state index contributed by atoms with van der Waals surface area (Å²) in [5.74, 6) is 0. The number of halogens is 1. The summed E-state index contributed by atoms with van der Waals surface area (Å²) in [7, 11) is 1.75. The van der Waals surface area contributed by atoms with Gasteiger partial charge in [-0.15, -0.1) is 0 Å². The molecule has 0 saturated carbocycles. The van der Waals surface area contributed by atoms with Crippen LogP contribution in [-0.2, 0) is 11.3 Å². The average molecular weight is 343 g/mol. The molecule has 0 heterocycles. The maximum atomic E-state index is 5.26. The highest BCUT2D eigenvalue weighted by atomic mass is 79.9. The van der Waals surface area contributed by atoms with Gasteiger partial charge in [0.25, 0.3) is 0 Å². The van der Waals surface area contributed by atoms with Crippen molar-refractivity contribution in [3.8, 4) is 0 Å². The van der Waals surface area contributed by atoms with Crippen LogP contribution in [0.3, 0.4) is 0 Å². The number of nitrogens with one attached hydrogen (secondary N) is 1. The van der Waals surface area contributed by atoms with E-state index in [4.69, 9.17) is 4.74 Å². The zero-order valence-corrected chi connectivity index (χ0v) is 14.8. The summed E-state index contributed by atoms with van der Waals surface area (Å²) in [4.78, 5) is 2.36. The number of ether oxygens (including phenoxy) is 1. The Morgan fingerprint density at radius 1 is 1.30 bits per heavy atom. The standard InChI is InChI=1S/C16H27BrN2O/c1-6-19(13(4)11-20-5)15-8-7-14(16(17)9-15)10-18-12(2)3/h7-9,12-13,18H,6,10-11H2,1-5H3. The minimum atomic E-state index is 0.372. The van der Waals surface area contributed by atoms with Crippen molar-refractivity contribution in [3.63, 3.8) is 0 Å². The molecule has 114 valence electrons. The van der Waals surface area contributed by atoms with Gasteiger partial charge < -0.3 is 15.0 Å². The van der Waals surface area contributed by atoms with E-state index in [0.717, 1.165) is 24.2 Å². The number of likely N-dealkylation sites (N-methyl/N-ethyl adjacent to an activating group) is 1. The molecule has 0 bridgehead atoms. The molecule has 0 spiro atoms. The number of hydrogen-bond acceptors (Lipinski definition) is 3. The monoisotopic (exact) mass is 342 g/mol. The predicted molar refractivity (Wildman–Crippen MR) is 90.5 cm³/mol. The van der Waals surface area contributed by atoms with E-state index in [-0.39, 0.29) is 0 Å². The molecule has 0 amide bonds. The molecule has 0 aromatic heterocycles. The molecule has 0 aliphatic heterocycles. The fourth-order valence-electron chi connectivity index (χ4n) is 2.25. The van der Waals surface area contributed by atoms with Crippen molar-refractivity contribution >= 4 is 21.6 Å². The van der Waals surface area contributed by atoms with Crippen molar-refractivity contribution in [1.82, 2.24) is 5.32 Å². The van der Waals surface area contributed by atoms with Crippen molar-refractivity contribution in [3.05, 3.63) is 28.2 Å². The molecule has 1 atom stereocenters. The quantitative estimate of drug-likeness (QED) is 0.777.